The van der Waals surface area contributed by atoms with Gasteiger partial charge in [-0.25, -0.2) is 5.43 Å². The van der Waals surface area contributed by atoms with E-state index in [1.54, 1.807) is 37.6 Å². The molecule has 3 aromatic rings. The molecule has 0 atom stereocenters. The summed E-state index contributed by atoms with van der Waals surface area (Å²) in [7, 11) is 1.64. The summed E-state index contributed by atoms with van der Waals surface area (Å²) in [5, 5.41) is 9.37. The van der Waals surface area contributed by atoms with Crippen LogP contribution >= 0.6 is 11.6 Å². The van der Waals surface area contributed by atoms with Gasteiger partial charge in [-0.05, 0) is 42.5 Å². The fourth-order valence-corrected chi connectivity index (χ4v) is 3.57. The van der Waals surface area contributed by atoms with E-state index in [9.17, 15) is 9.59 Å². The first-order valence-corrected chi connectivity index (χ1v) is 10.9. The van der Waals surface area contributed by atoms with E-state index in [0.717, 1.165) is 41.3 Å². The summed E-state index contributed by atoms with van der Waals surface area (Å²) < 4.78 is 5.39. The highest BCUT2D eigenvalue weighted by molar-refractivity contribution is 6.33. The number of hydrazone groups is 1. The van der Waals surface area contributed by atoms with Crippen LogP contribution < -0.4 is 15.5 Å². The summed E-state index contributed by atoms with van der Waals surface area (Å²) in [6.07, 6.45) is 4.34. The molecule has 0 unspecified atom stereocenters. The maximum atomic E-state index is 12.1. The highest BCUT2D eigenvalue weighted by Crippen LogP contribution is 2.27. The van der Waals surface area contributed by atoms with Crippen LogP contribution in [0.3, 0.4) is 0 Å². The Morgan fingerprint density at radius 1 is 0.969 bits per heavy atom. The van der Waals surface area contributed by atoms with Gasteiger partial charge in [-0.1, -0.05) is 54.4 Å². The number of fused-ring (bicyclic) bond motifs is 1. The number of carbonyl (C=O) groups is 2. The second-order valence-corrected chi connectivity index (χ2v) is 7.65. The van der Waals surface area contributed by atoms with Crippen LogP contribution in [0, 0.1) is 0 Å². The Morgan fingerprint density at radius 2 is 1.72 bits per heavy atom. The number of nitrogens with zero attached hydrogens (tertiary/aromatic N) is 1. The van der Waals surface area contributed by atoms with Gasteiger partial charge in [0.15, 0.2) is 0 Å². The number of carbonyl (C=O) groups excluding carboxylic acids is 2. The van der Waals surface area contributed by atoms with Crippen molar-refractivity contribution in [2.75, 3.05) is 13.7 Å². The van der Waals surface area contributed by atoms with Gasteiger partial charge in [0.2, 0.25) is 5.91 Å². The normalized spacial score (nSPS) is 10.9. The van der Waals surface area contributed by atoms with Gasteiger partial charge >= 0.3 is 0 Å². The molecule has 2 N–H and O–H groups in total. The van der Waals surface area contributed by atoms with E-state index in [1.165, 1.54) is 0 Å². The number of hydrogen-bond donors (Lipinski definition) is 2. The van der Waals surface area contributed by atoms with Gasteiger partial charge in [0.1, 0.15) is 5.75 Å². The minimum atomic E-state index is -0.186. The van der Waals surface area contributed by atoms with Crippen LogP contribution in [0.5, 0.6) is 5.75 Å². The molecule has 6 nitrogen and oxygen atoms in total. The number of halogens is 1. The van der Waals surface area contributed by atoms with E-state index >= 15 is 0 Å². The number of amides is 2. The van der Waals surface area contributed by atoms with Crippen molar-refractivity contribution in [3.05, 3.63) is 76.8 Å². The molecule has 0 saturated carbocycles. The Hall–Kier alpha value is -3.38. The van der Waals surface area contributed by atoms with Crippen molar-refractivity contribution in [1.29, 1.82) is 0 Å². The lowest BCUT2D eigenvalue weighted by Gasteiger charge is -2.07. The molecule has 7 heteroatoms. The molecule has 0 aromatic heterocycles. The maximum Gasteiger partial charge on any atom is 0.252 e. The summed E-state index contributed by atoms with van der Waals surface area (Å²) in [6, 6.07) is 18.6. The summed E-state index contributed by atoms with van der Waals surface area (Å²) in [5.41, 5.74) is 3.94. The Bertz CT molecular complexity index is 1110. The lowest BCUT2D eigenvalue weighted by molar-refractivity contribution is -0.121. The van der Waals surface area contributed by atoms with Crippen LogP contribution in [-0.4, -0.2) is 31.7 Å². The number of methoxy groups -OCH3 is 1. The zero-order valence-corrected chi connectivity index (χ0v) is 18.7. The molecule has 32 heavy (non-hydrogen) atoms. The number of rotatable bonds is 10. The van der Waals surface area contributed by atoms with Crippen molar-refractivity contribution < 1.29 is 14.3 Å². The van der Waals surface area contributed by atoms with Gasteiger partial charge < -0.3 is 10.1 Å². The molecule has 0 bridgehead atoms. The van der Waals surface area contributed by atoms with Gasteiger partial charge in [-0.15, -0.1) is 0 Å². The van der Waals surface area contributed by atoms with Crippen LogP contribution in [-0.2, 0) is 4.79 Å². The molecule has 0 saturated heterocycles. The van der Waals surface area contributed by atoms with E-state index in [1.807, 2.05) is 36.4 Å². The molecule has 3 aromatic carbocycles. The van der Waals surface area contributed by atoms with Crippen molar-refractivity contribution in [3.63, 3.8) is 0 Å². The first-order chi connectivity index (χ1) is 15.6. The minimum Gasteiger partial charge on any atom is -0.496 e. The highest BCUT2D eigenvalue weighted by Gasteiger charge is 2.08. The van der Waals surface area contributed by atoms with Crippen molar-refractivity contribution in [2.45, 2.75) is 25.7 Å². The summed E-state index contributed by atoms with van der Waals surface area (Å²) in [4.78, 5) is 24.1. The average Bonchev–Trinajstić information content (AvgIpc) is 2.81. The third-order valence-corrected chi connectivity index (χ3v) is 5.34. The summed E-state index contributed by atoms with van der Waals surface area (Å²) >= 11 is 6.02. The first-order valence-electron chi connectivity index (χ1n) is 10.5. The Balaban J connectivity index is 1.37. The number of unbranched alkanes of at least 4 members (excludes halogenated alkanes) is 2. The standard InChI is InChI=1S/C25H26ClN3O3/c1-32-23-15-14-18(19-9-4-5-10-20(19)23)17-28-29-24(30)13-3-2-8-16-27-25(31)21-11-6-7-12-22(21)26/h4-7,9-12,14-15,17H,2-3,8,13,16H2,1H3,(H,27,31)(H,29,30)/b28-17-. The second kappa shape index (κ2) is 11.9. The van der Waals surface area contributed by atoms with Crippen molar-refractivity contribution in [3.8, 4) is 5.75 Å². The predicted molar refractivity (Wildman–Crippen MR) is 128 cm³/mol. The van der Waals surface area contributed by atoms with E-state index in [2.05, 4.69) is 15.8 Å². The lowest BCUT2D eigenvalue weighted by Crippen LogP contribution is -2.24. The van der Waals surface area contributed by atoms with Crippen LogP contribution in [0.15, 0.2) is 65.8 Å². The topological polar surface area (TPSA) is 79.8 Å². The van der Waals surface area contributed by atoms with Gasteiger partial charge in [-0.2, -0.15) is 5.10 Å². The van der Waals surface area contributed by atoms with E-state index in [4.69, 9.17) is 16.3 Å². The molecule has 3 rings (SSSR count). The van der Waals surface area contributed by atoms with Crippen molar-refractivity contribution in [2.24, 2.45) is 5.10 Å². The monoisotopic (exact) mass is 451 g/mol. The number of hydrogen-bond acceptors (Lipinski definition) is 4. The molecule has 0 spiro atoms. The zero-order chi connectivity index (χ0) is 22.8. The van der Waals surface area contributed by atoms with Gasteiger partial charge in [0.25, 0.3) is 5.91 Å². The third-order valence-electron chi connectivity index (χ3n) is 5.02. The number of nitrogens with one attached hydrogen (secondary N) is 2. The SMILES string of the molecule is COc1ccc(/C=N\NC(=O)CCCCCNC(=O)c2ccccc2Cl)c2ccccc12. The average molecular weight is 452 g/mol. The molecule has 0 aliphatic carbocycles. The molecular weight excluding hydrogens is 426 g/mol. The number of ether oxygens (including phenoxy) is 1. The Kier molecular flexibility index (Phi) is 8.63. The van der Waals surface area contributed by atoms with E-state index < -0.39 is 0 Å². The fraction of sp³-hybridized carbons (Fsp3) is 0.240. The van der Waals surface area contributed by atoms with Crippen molar-refractivity contribution in [1.82, 2.24) is 10.7 Å². The van der Waals surface area contributed by atoms with Gasteiger partial charge in [-0.3, -0.25) is 9.59 Å². The maximum absolute atomic E-state index is 12.1. The summed E-state index contributed by atoms with van der Waals surface area (Å²) in [5.74, 6) is 0.470. The Labute approximate surface area is 192 Å². The highest BCUT2D eigenvalue weighted by atomic mass is 35.5. The molecule has 2 amide bonds. The fourth-order valence-electron chi connectivity index (χ4n) is 3.34. The van der Waals surface area contributed by atoms with Gasteiger partial charge in [0, 0.05) is 23.9 Å². The van der Waals surface area contributed by atoms with Crippen LogP contribution in [0.2, 0.25) is 5.02 Å². The second-order valence-electron chi connectivity index (χ2n) is 7.24. The molecule has 0 aliphatic rings. The molecule has 0 radical (unpaired) electrons. The largest absolute Gasteiger partial charge is 0.496 e. The third kappa shape index (κ3) is 6.31. The summed E-state index contributed by atoms with van der Waals surface area (Å²) in [6.45, 7) is 0.536. The predicted octanol–water partition coefficient (Wildman–Crippen LogP) is 4.94. The van der Waals surface area contributed by atoms with Gasteiger partial charge in [0.05, 0.1) is 23.9 Å². The van der Waals surface area contributed by atoms with Crippen LogP contribution in [0.25, 0.3) is 10.8 Å². The van der Waals surface area contributed by atoms with Crippen LogP contribution in [0.1, 0.15) is 41.6 Å². The van der Waals surface area contributed by atoms with Crippen molar-refractivity contribution >= 4 is 40.4 Å². The molecule has 0 fully saturated rings. The van der Waals surface area contributed by atoms with E-state index in [0.29, 0.717) is 23.6 Å². The lowest BCUT2D eigenvalue weighted by atomic mass is 10.0. The smallest absolute Gasteiger partial charge is 0.252 e. The molecule has 0 aliphatic heterocycles. The quantitative estimate of drug-likeness (QED) is 0.260. The molecular formula is C25H26ClN3O3. The Morgan fingerprint density at radius 3 is 2.50 bits per heavy atom. The number of benzene rings is 3. The molecule has 0 heterocycles. The minimum absolute atomic E-state index is 0.140. The molecule has 166 valence electrons. The van der Waals surface area contributed by atoms with Crippen LogP contribution in [0.4, 0.5) is 0 Å². The first kappa shape index (κ1) is 23.3. The van der Waals surface area contributed by atoms with E-state index in [-0.39, 0.29) is 11.8 Å². The zero-order valence-electron chi connectivity index (χ0n) is 17.9.